The lowest BCUT2D eigenvalue weighted by atomic mass is 10.1. The van der Waals surface area contributed by atoms with Crippen molar-refractivity contribution >= 4 is 17.5 Å². The Balaban J connectivity index is 1.75. The monoisotopic (exact) mass is 336 g/mol. The third-order valence-corrected chi connectivity index (χ3v) is 4.74. The minimum Gasteiger partial charge on any atom is -0.329 e. The van der Waals surface area contributed by atoms with Crippen LogP contribution in [0.2, 0.25) is 0 Å². The number of carbonyl (C=O) groups excluding carboxylic acids is 2. The van der Waals surface area contributed by atoms with Gasteiger partial charge in [-0.15, -0.1) is 0 Å². The highest BCUT2D eigenvalue weighted by molar-refractivity contribution is 5.98. The van der Waals surface area contributed by atoms with Crippen LogP contribution >= 0.6 is 0 Å². The van der Waals surface area contributed by atoms with Crippen LogP contribution in [0.5, 0.6) is 0 Å². The fraction of sp³-hybridized carbons (Fsp3) is 0.333. The van der Waals surface area contributed by atoms with E-state index in [1.165, 1.54) is 18.1 Å². The number of hydrogen-bond donors (Lipinski definition) is 0. The van der Waals surface area contributed by atoms with Gasteiger partial charge in [-0.05, 0) is 37.5 Å². The zero-order chi connectivity index (χ0) is 18.0. The van der Waals surface area contributed by atoms with Crippen LogP contribution < -0.4 is 4.90 Å². The van der Waals surface area contributed by atoms with Crippen LogP contribution in [0.3, 0.4) is 0 Å². The molecule has 3 rings (SSSR count). The predicted molar refractivity (Wildman–Crippen MR) is 99.4 cm³/mol. The molecule has 0 radical (unpaired) electrons. The van der Waals surface area contributed by atoms with Crippen molar-refractivity contribution in [2.45, 2.75) is 39.8 Å². The predicted octanol–water partition coefficient (Wildman–Crippen LogP) is 3.32. The molecule has 0 aromatic heterocycles. The Morgan fingerprint density at radius 3 is 2.48 bits per heavy atom. The molecule has 0 fully saturated rings. The number of nitrogens with zero attached hydrogens (tertiary/aromatic N) is 2. The van der Waals surface area contributed by atoms with E-state index in [4.69, 9.17) is 0 Å². The minimum absolute atomic E-state index is 0.0280. The number of para-hydroxylation sites is 1. The largest absolute Gasteiger partial charge is 0.329 e. The van der Waals surface area contributed by atoms with Crippen LogP contribution in [0.1, 0.15) is 30.5 Å². The molecular weight excluding hydrogens is 312 g/mol. The summed E-state index contributed by atoms with van der Waals surface area (Å²) in [5.41, 5.74) is 4.37. The van der Waals surface area contributed by atoms with E-state index in [1.54, 1.807) is 4.90 Å². The molecule has 130 valence electrons. The van der Waals surface area contributed by atoms with E-state index in [2.05, 4.69) is 13.0 Å². The van der Waals surface area contributed by atoms with E-state index >= 15 is 0 Å². The van der Waals surface area contributed by atoms with Gasteiger partial charge in [0.1, 0.15) is 6.54 Å². The molecule has 0 spiro atoms. The number of fused-ring (bicyclic) bond motifs is 1. The van der Waals surface area contributed by atoms with Crippen LogP contribution in [0, 0.1) is 6.92 Å². The fourth-order valence-corrected chi connectivity index (χ4v) is 3.38. The first kappa shape index (κ1) is 17.2. The molecule has 25 heavy (non-hydrogen) atoms. The molecule has 1 aliphatic rings. The maximum atomic E-state index is 12.9. The average Bonchev–Trinajstić information content (AvgIpc) is 2.91. The van der Waals surface area contributed by atoms with Gasteiger partial charge in [0.15, 0.2) is 0 Å². The molecule has 0 aliphatic carbocycles. The van der Waals surface area contributed by atoms with E-state index in [0.717, 1.165) is 17.7 Å². The molecule has 4 nitrogen and oxygen atoms in total. The molecule has 0 bridgehead atoms. The highest BCUT2D eigenvalue weighted by atomic mass is 16.2. The van der Waals surface area contributed by atoms with Crippen molar-refractivity contribution in [3.63, 3.8) is 0 Å². The summed E-state index contributed by atoms with van der Waals surface area (Å²) in [6.07, 6.45) is 0.861. The average molecular weight is 336 g/mol. The summed E-state index contributed by atoms with van der Waals surface area (Å²) in [4.78, 5) is 28.4. The maximum absolute atomic E-state index is 12.9. The zero-order valence-electron chi connectivity index (χ0n) is 15.0. The standard InChI is InChI=1S/C21H24N2O2/c1-15-8-10-18(11-9-15)13-22(17(3)24)14-21(25)23-16(2)12-19-6-4-5-7-20(19)23/h4-11,16H,12-14H2,1-3H3. The number of carbonyl (C=O) groups is 2. The molecule has 2 amide bonds. The number of hydrogen-bond acceptors (Lipinski definition) is 2. The number of amides is 2. The number of benzene rings is 2. The Bertz CT molecular complexity index is 783. The first-order chi connectivity index (χ1) is 12.0. The molecule has 0 saturated carbocycles. The molecule has 1 aliphatic heterocycles. The van der Waals surface area contributed by atoms with Crippen molar-refractivity contribution in [3.8, 4) is 0 Å². The summed E-state index contributed by atoms with van der Waals surface area (Å²) in [6.45, 7) is 6.15. The van der Waals surface area contributed by atoms with Gasteiger partial charge < -0.3 is 9.80 Å². The molecule has 1 heterocycles. The van der Waals surface area contributed by atoms with Crippen LogP contribution in [-0.4, -0.2) is 29.3 Å². The lowest BCUT2D eigenvalue weighted by Gasteiger charge is -2.27. The fourth-order valence-electron chi connectivity index (χ4n) is 3.38. The summed E-state index contributed by atoms with van der Waals surface area (Å²) < 4.78 is 0. The molecule has 2 aromatic rings. The minimum atomic E-state index is -0.0888. The summed E-state index contributed by atoms with van der Waals surface area (Å²) in [7, 11) is 0. The van der Waals surface area contributed by atoms with Gasteiger partial charge in [0, 0.05) is 25.2 Å². The van der Waals surface area contributed by atoms with Gasteiger partial charge in [0.2, 0.25) is 11.8 Å². The van der Waals surface area contributed by atoms with Crippen LogP contribution in [0.25, 0.3) is 0 Å². The van der Waals surface area contributed by atoms with Crippen molar-refractivity contribution in [1.29, 1.82) is 0 Å². The third-order valence-electron chi connectivity index (χ3n) is 4.74. The van der Waals surface area contributed by atoms with Crippen molar-refractivity contribution in [2.75, 3.05) is 11.4 Å². The number of aryl methyl sites for hydroxylation is 1. The van der Waals surface area contributed by atoms with Gasteiger partial charge in [0.25, 0.3) is 0 Å². The third kappa shape index (κ3) is 3.73. The lowest BCUT2D eigenvalue weighted by Crippen LogP contribution is -2.44. The molecule has 0 saturated heterocycles. The van der Waals surface area contributed by atoms with Gasteiger partial charge in [-0.25, -0.2) is 0 Å². The number of rotatable bonds is 4. The molecule has 4 heteroatoms. The Morgan fingerprint density at radius 2 is 1.80 bits per heavy atom. The van der Waals surface area contributed by atoms with Crippen LogP contribution in [0.4, 0.5) is 5.69 Å². The summed E-state index contributed by atoms with van der Waals surface area (Å²) >= 11 is 0. The lowest BCUT2D eigenvalue weighted by molar-refractivity contribution is -0.134. The second-order valence-electron chi connectivity index (χ2n) is 6.81. The Hall–Kier alpha value is -2.62. The van der Waals surface area contributed by atoms with Crippen molar-refractivity contribution < 1.29 is 9.59 Å². The zero-order valence-corrected chi connectivity index (χ0v) is 15.0. The first-order valence-electron chi connectivity index (χ1n) is 8.66. The van der Waals surface area contributed by atoms with Gasteiger partial charge >= 0.3 is 0 Å². The quantitative estimate of drug-likeness (QED) is 0.859. The Labute approximate surface area is 149 Å². The highest BCUT2D eigenvalue weighted by Gasteiger charge is 2.31. The van der Waals surface area contributed by atoms with E-state index in [-0.39, 0.29) is 24.4 Å². The summed E-state index contributed by atoms with van der Waals surface area (Å²) in [5, 5.41) is 0. The molecule has 1 unspecified atom stereocenters. The van der Waals surface area contributed by atoms with E-state index in [0.29, 0.717) is 6.54 Å². The molecule has 1 atom stereocenters. The molecule has 2 aromatic carbocycles. The van der Waals surface area contributed by atoms with Crippen LogP contribution in [-0.2, 0) is 22.6 Å². The first-order valence-corrected chi connectivity index (χ1v) is 8.66. The molecular formula is C21H24N2O2. The maximum Gasteiger partial charge on any atom is 0.246 e. The SMILES string of the molecule is CC(=O)N(CC(=O)N1c2ccccc2CC1C)Cc1ccc(C)cc1. The number of anilines is 1. The van der Waals surface area contributed by atoms with Gasteiger partial charge in [-0.1, -0.05) is 48.0 Å². The van der Waals surface area contributed by atoms with Crippen molar-refractivity contribution in [3.05, 3.63) is 65.2 Å². The second kappa shape index (κ2) is 7.09. The van der Waals surface area contributed by atoms with E-state index in [1.807, 2.05) is 54.3 Å². The second-order valence-corrected chi connectivity index (χ2v) is 6.81. The van der Waals surface area contributed by atoms with E-state index in [9.17, 15) is 9.59 Å². The summed E-state index contributed by atoms with van der Waals surface area (Å²) in [6, 6.07) is 16.2. The smallest absolute Gasteiger partial charge is 0.246 e. The topological polar surface area (TPSA) is 40.6 Å². The normalized spacial score (nSPS) is 15.8. The molecule has 0 N–H and O–H groups in total. The Morgan fingerprint density at radius 1 is 1.12 bits per heavy atom. The van der Waals surface area contributed by atoms with Crippen molar-refractivity contribution in [1.82, 2.24) is 4.90 Å². The summed E-state index contributed by atoms with van der Waals surface area (Å²) in [5.74, 6) is -0.117. The highest BCUT2D eigenvalue weighted by Crippen LogP contribution is 2.31. The van der Waals surface area contributed by atoms with Crippen LogP contribution in [0.15, 0.2) is 48.5 Å². The van der Waals surface area contributed by atoms with Gasteiger partial charge in [-0.2, -0.15) is 0 Å². The van der Waals surface area contributed by atoms with Gasteiger partial charge in [0.05, 0.1) is 0 Å². The van der Waals surface area contributed by atoms with E-state index < -0.39 is 0 Å². The Kier molecular flexibility index (Phi) is 4.88. The van der Waals surface area contributed by atoms with Gasteiger partial charge in [-0.3, -0.25) is 9.59 Å². The van der Waals surface area contributed by atoms with Crippen molar-refractivity contribution in [2.24, 2.45) is 0 Å².